The summed E-state index contributed by atoms with van der Waals surface area (Å²) in [4.78, 5) is 11.1. The van der Waals surface area contributed by atoms with Crippen molar-refractivity contribution in [1.29, 1.82) is 0 Å². The quantitative estimate of drug-likeness (QED) is 0.128. The van der Waals surface area contributed by atoms with Gasteiger partial charge in [-0.25, -0.2) is 15.0 Å². The van der Waals surface area contributed by atoms with E-state index in [0.717, 1.165) is 24.3 Å². The van der Waals surface area contributed by atoms with E-state index in [0.29, 0.717) is 0 Å². The van der Waals surface area contributed by atoms with Gasteiger partial charge in [-0.1, -0.05) is 81.7 Å². The van der Waals surface area contributed by atoms with E-state index in [-0.39, 0.29) is 28.0 Å². The molecule has 1 aromatic carbocycles. The normalized spacial score (nSPS) is 15.2. The molecule has 48 heavy (non-hydrogen) atoms. The first-order valence-corrected chi connectivity index (χ1v) is 14.6. The first kappa shape index (κ1) is 43.3. The third-order valence-electron chi connectivity index (χ3n) is 5.73. The molecule has 0 saturated heterocycles. The van der Waals surface area contributed by atoms with E-state index in [1.54, 1.807) is 0 Å². The Balaban J connectivity index is 2.32. The highest BCUT2D eigenvalue weighted by molar-refractivity contribution is 7.99. The molecule has 0 aliphatic heterocycles. The number of nitrogens with zero attached hydrogens (tertiary/aromatic N) is 3. The van der Waals surface area contributed by atoms with E-state index in [1.165, 1.54) is 0 Å². The van der Waals surface area contributed by atoms with Crippen molar-refractivity contribution in [3.63, 3.8) is 0 Å². The summed E-state index contributed by atoms with van der Waals surface area (Å²) in [7, 11) is 0. The van der Waals surface area contributed by atoms with Crippen molar-refractivity contribution in [2.45, 2.75) is 66.5 Å². The average molecular weight is 870 g/mol. The van der Waals surface area contributed by atoms with Gasteiger partial charge < -0.3 is 0 Å². The Morgan fingerprint density at radius 1 is 0.479 bits per heavy atom. The standard InChI is InChI=1S/C21H8Cl6F17N3S/c22-13(23,24)10-45-9(46-11(47-10)14(25,26)27)7-1-3-8(4-2-7)48-6-5-12(28,29)15(30,31)16(32,33)17(34,35)18(36,37)19(38,39)20(40,41)21(42,43)44/h1-4H,5-6H2. The van der Waals surface area contributed by atoms with Gasteiger partial charge in [0, 0.05) is 22.6 Å². The van der Waals surface area contributed by atoms with E-state index in [4.69, 9.17) is 69.6 Å². The Hall–Kier alpha value is -0.870. The summed E-state index contributed by atoms with van der Waals surface area (Å²) in [6.45, 7) is 0. The molecule has 1 aromatic heterocycles. The van der Waals surface area contributed by atoms with E-state index < -0.39 is 79.0 Å². The first-order valence-electron chi connectivity index (χ1n) is 11.4. The Kier molecular flexibility index (Phi) is 12.0. The minimum Gasteiger partial charge on any atom is -0.209 e. The maximum Gasteiger partial charge on any atom is 0.460 e. The monoisotopic (exact) mass is 867 g/mol. The first-order chi connectivity index (χ1) is 21.0. The molecule has 0 atom stereocenters. The topological polar surface area (TPSA) is 38.7 Å². The van der Waals surface area contributed by atoms with Gasteiger partial charge in [-0.05, 0) is 12.1 Å². The Morgan fingerprint density at radius 2 is 0.833 bits per heavy atom. The predicted octanol–water partition coefficient (Wildman–Crippen LogP) is 11.7. The SMILES string of the molecule is FC(F)(F)C(F)(F)C(F)(F)C(F)(F)C(F)(F)C(F)(F)C(F)(F)C(F)(F)CCSc1ccc(-c2nc(C(Cl)(Cl)Cl)nc(C(Cl)(Cl)Cl)n2)cc1. The Labute approximate surface area is 289 Å². The summed E-state index contributed by atoms with van der Waals surface area (Å²) in [5, 5.41) is 0. The molecular weight excluding hydrogens is 862 g/mol. The number of hydrogen-bond acceptors (Lipinski definition) is 4. The molecule has 0 aliphatic rings. The van der Waals surface area contributed by atoms with Gasteiger partial charge in [0.1, 0.15) is 0 Å². The zero-order chi connectivity index (χ0) is 38.0. The van der Waals surface area contributed by atoms with Gasteiger partial charge in [-0.3, -0.25) is 0 Å². The van der Waals surface area contributed by atoms with Gasteiger partial charge in [-0.15, -0.1) is 11.8 Å². The van der Waals surface area contributed by atoms with Crippen molar-refractivity contribution in [2.75, 3.05) is 5.75 Å². The molecule has 2 aromatic rings. The van der Waals surface area contributed by atoms with Crippen LogP contribution in [0, 0.1) is 0 Å². The van der Waals surface area contributed by atoms with Crippen LogP contribution in [0.5, 0.6) is 0 Å². The number of hydrogen-bond donors (Lipinski definition) is 0. The Bertz CT molecular complexity index is 1430. The zero-order valence-corrected chi connectivity index (χ0v) is 27.0. The van der Waals surface area contributed by atoms with Crippen LogP contribution in [0.1, 0.15) is 18.1 Å². The minimum atomic E-state index is -8.68. The lowest BCUT2D eigenvalue weighted by Crippen LogP contribution is -2.74. The predicted molar refractivity (Wildman–Crippen MR) is 140 cm³/mol. The minimum absolute atomic E-state index is 0.0136. The van der Waals surface area contributed by atoms with Crippen molar-refractivity contribution in [3.05, 3.63) is 35.9 Å². The van der Waals surface area contributed by atoms with Gasteiger partial charge in [0.15, 0.2) is 17.5 Å². The maximum absolute atomic E-state index is 14.2. The molecule has 0 N–H and O–H groups in total. The number of rotatable bonds is 11. The summed E-state index contributed by atoms with van der Waals surface area (Å²) >= 11 is 34.4. The van der Waals surface area contributed by atoms with Crippen molar-refractivity contribution in [2.24, 2.45) is 0 Å². The summed E-state index contributed by atoms with van der Waals surface area (Å²) in [5.41, 5.74) is -0.0136. The molecule has 27 heteroatoms. The summed E-state index contributed by atoms with van der Waals surface area (Å²) in [6.07, 6.45) is -10.4. The summed E-state index contributed by atoms with van der Waals surface area (Å²) in [5.74, 6) is -59.6. The van der Waals surface area contributed by atoms with Crippen molar-refractivity contribution in [1.82, 2.24) is 15.0 Å². The molecule has 0 spiro atoms. The maximum atomic E-state index is 14.2. The number of thioether (sulfide) groups is 1. The van der Waals surface area contributed by atoms with E-state index in [9.17, 15) is 74.6 Å². The van der Waals surface area contributed by atoms with Crippen LogP contribution in [0.15, 0.2) is 29.2 Å². The fraction of sp³-hybridized carbons (Fsp3) is 0.571. The van der Waals surface area contributed by atoms with Crippen LogP contribution in [0.3, 0.4) is 0 Å². The van der Waals surface area contributed by atoms with Gasteiger partial charge in [0.2, 0.25) is 7.59 Å². The van der Waals surface area contributed by atoms with E-state index in [2.05, 4.69) is 15.0 Å². The van der Waals surface area contributed by atoms with Gasteiger partial charge in [0.05, 0.1) is 0 Å². The molecule has 0 saturated carbocycles. The van der Waals surface area contributed by atoms with Crippen LogP contribution in [-0.2, 0) is 7.59 Å². The molecule has 0 aliphatic carbocycles. The second-order valence-electron chi connectivity index (χ2n) is 9.07. The number of benzene rings is 1. The molecule has 2 rings (SSSR count). The molecule has 0 amide bonds. The number of alkyl halides is 23. The van der Waals surface area contributed by atoms with Crippen molar-refractivity contribution >= 4 is 81.4 Å². The molecule has 0 bridgehead atoms. The largest absolute Gasteiger partial charge is 0.460 e. The Morgan fingerprint density at radius 3 is 1.19 bits per heavy atom. The fourth-order valence-electron chi connectivity index (χ4n) is 3.11. The lowest BCUT2D eigenvalue weighted by molar-refractivity contribution is -0.461. The lowest BCUT2D eigenvalue weighted by atomic mass is 9.88. The van der Waals surface area contributed by atoms with Gasteiger partial charge in [-0.2, -0.15) is 74.6 Å². The molecule has 3 nitrogen and oxygen atoms in total. The summed E-state index contributed by atoms with van der Waals surface area (Å²) < 4.78 is 224. The lowest BCUT2D eigenvalue weighted by Gasteiger charge is -2.42. The second kappa shape index (κ2) is 13.3. The van der Waals surface area contributed by atoms with Crippen LogP contribution in [0.4, 0.5) is 74.6 Å². The average Bonchev–Trinajstić information content (AvgIpc) is 2.90. The van der Waals surface area contributed by atoms with Gasteiger partial charge >= 0.3 is 47.6 Å². The van der Waals surface area contributed by atoms with Crippen LogP contribution < -0.4 is 0 Å². The molecule has 0 fully saturated rings. The third-order valence-corrected chi connectivity index (χ3v) is 7.75. The molecule has 0 radical (unpaired) electrons. The molecule has 1 heterocycles. The third kappa shape index (κ3) is 7.66. The molecule has 274 valence electrons. The fourth-order valence-corrected chi connectivity index (χ4v) is 4.54. The molecule has 0 unspecified atom stereocenters. The number of aromatic nitrogens is 3. The van der Waals surface area contributed by atoms with Gasteiger partial charge in [0.25, 0.3) is 0 Å². The van der Waals surface area contributed by atoms with E-state index >= 15 is 0 Å². The highest BCUT2D eigenvalue weighted by Crippen LogP contribution is 2.64. The second-order valence-corrected chi connectivity index (χ2v) is 14.8. The molecular formula is C21H8Cl6F17N3S. The van der Waals surface area contributed by atoms with E-state index in [1.807, 2.05) is 0 Å². The van der Waals surface area contributed by atoms with Crippen LogP contribution in [0.25, 0.3) is 11.4 Å². The zero-order valence-electron chi connectivity index (χ0n) is 21.7. The summed E-state index contributed by atoms with van der Waals surface area (Å²) in [6, 6.07) is 4.14. The van der Waals surface area contributed by atoms with Crippen molar-refractivity contribution in [3.8, 4) is 11.4 Å². The van der Waals surface area contributed by atoms with Crippen molar-refractivity contribution < 1.29 is 74.6 Å². The number of halogens is 23. The van der Waals surface area contributed by atoms with Crippen LogP contribution in [-0.4, -0.2) is 68.3 Å². The van der Waals surface area contributed by atoms with Crippen LogP contribution in [0.2, 0.25) is 0 Å². The highest BCUT2D eigenvalue weighted by Gasteiger charge is 2.95. The highest BCUT2D eigenvalue weighted by atomic mass is 35.6. The smallest absolute Gasteiger partial charge is 0.209 e. The van der Waals surface area contributed by atoms with Crippen LogP contribution >= 0.6 is 81.4 Å².